The summed E-state index contributed by atoms with van der Waals surface area (Å²) in [7, 11) is 1.61. The van der Waals surface area contributed by atoms with Crippen LogP contribution in [0.4, 0.5) is 4.79 Å². The molecule has 4 amide bonds. The van der Waals surface area contributed by atoms with Gasteiger partial charge in [0.2, 0.25) is 5.91 Å². The number of fused-ring (bicyclic) bond motifs is 2. The Morgan fingerprint density at radius 2 is 2.00 bits per heavy atom. The van der Waals surface area contributed by atoms with E-state index in [0.717, 1.165) is 17.7 Å². The lowest BCUT2D eigenvalue weighted by atomic mass is 9.93. The van der Waals surface area contributed by atoms with Crippen LogP contribution in [0.15, 0.2) is 36.4 Å². The van der Waals surface area contributed by atoms with Gasteiger partial charge in [-0.25, -0.2) is 4.79 Å². The lowest BCUT2D eigenvalue weighted by Gasteiger charge is -2.18. The number of carbonyl (C=O) groups excluding carboxylic acids is 3. The van der Waals surface area contributed by atoms with Gasteiger partial charge >= 0.3 is 6.03 Å². The van der Waals surface area contributed by atoms with Gasteiger partial charge in [0.05, 0.1) is 7.11 Å². The zero-order chi connectivity index (χ0) is 21.1. The smallest absolute Gasteiger partial charge is 0.324 e. The predicted molar refractivity (Wildman–Crippen MR) is 112 cm³/mol. The summed E-state index contributed by atoms with van der Waals surface area (Å²) in [5, 5.41) is 5.72. The summed E-state index contributed by atoms with van der Waals surface area (Å²) >= 11 is 0. The summed E-state index contributed by atoms with van der Waals surface area (Å²) in [5.41, 5.74) is 1.02. The lowest BCUT2D eigenvalue weighted by molar-refractivity contribution is -0.127. The number of urea groups is 1. The quantitative estimate of drug-likeness (QED) is 0.482. The molecule has 2 bridgehead atoms. The average molecular weight is 412 g/mol. The summed E-state index contributed by atoms with van der Waals surface area (Å²) in [6.07, 6.45) is 8.08. The minimum Gasteiger partial charge on any atom is -0.497 e. The topological polar surface area (TPSA) is 87.7 Å². The summed E-state index contributed by atoms with van der Waals surface area (Å²) < 4.78 is 5.14. The third-order valence-electron chi connectivity index (χ3n) is 6.53. The van der Waals surface area contributed by atoms with Crippen molar-refractivity contribution in [3.05, 3.63) is 42.0 Å². The first-order valence-corrected chi connectivity index (χ1v) is 10.7. The first kappa shape index (κ1) is 20.4. The van der Waals surface area contributed by atoms with Gasteiger partial charge in [0.15, 0.2) is 0 Å². The van der Waals surface area contributed by atoms with Crippen LogP contribution in [0, 0.1) is 17.8 Å². The molecular formula is C23H29N3O4. The molecule has 4 rings (SSSR count). The summed E-state index contributed by atoms with van der Waals surface area (Å²) in [6.45, 7) is 1.01. The van der Waals surface area contributed by atoms with Crippen molar-refractivity contribution in [2.75, 3.05) is 20.2 Å². The van der Waals surface area contributed by atoms with Gasteiger partial charge in [-0.05, 0) is 61.1 Å². The van der Waals surface area contributed by atoms with Crippen molar-refractivity contribution >= 4 is 17.8 Å². The predicted octanol–water partition coefficient (Wildman–Crippen LogP) is 2.27. The Labute approximate surface area is 176 Å². The molecule has 4 atom stereocenters. The van der Waals surface area contributed by atoms with Gasteiger partial charge in [0.1, 0.15) is 11.8 Å². The molecule has 7 nitrogen and oxygen atoms in total. The number of nitrogens with one attached hydrogen (secondary N) is 2. The van der Waals surface area contributed by atoms with Gasteiger partial charge in [-0.15, -0.1) is 0 Å². The second kappa shape index (κ2) is 8.90. The summed E-state index contributed by atoms with van der Waals surface area (Å²) in [5.74, 6) is 2.28. The second-order valence-corrected chi connectivity index (χ2v) is 8.47. The molecule has 0 aromatic heterocycles. The molecule has 1 saturated heterocycles. The molecule has 3 aliphatic rings. The number of carbonyl (C=O) groups is 3. The zero-order valence-electron chi connectivity index (χ0n) is 17.3. The van der Waals surface area contributed by atoms with Crippen molar-refractivity contribution < 1.29 is 19.1 Å². The molecule has 2 fully saturated rings. The molecule has 0 radical (unpaired) electrons. The van der Waals surface area contributed by atoms with Crippen molar-refractivity contribution in [2.45, 2.75) is 38.1 Å². The third kappa shape index (κ3) is 4.50. The minimum atomic E-state index is -0.621. The van der Waals surface area contributed by atoms with Crippen LogP contribution < -0.4 is 15.4 Å². The number of hydrogen-bond acceptors (Lipinski definition) is 4. The standard InChI is InChI=1S/C23H29N3O4/c1-30-19-6-3-15(4-7-19)10-11-26-22(28)20(25-23(26)29)8-9-21(27)24-14-18-13-16-2-5-17(18)12-16/h2-7,16-18,20H,8-14H2,1H3,(H,24,27)(H,25,29). The van der Waals surface area contributed by atoms with E-state index in [0.29, 0.717) is 43.7 Å². The molecule has 4 unspecified atom stereocenters. The molecular weight excluding hydrogens is 382 g/mol. The van der Waals surface area contributed by atoms with Crippen molar-refractivity contribution in [1.82, 2.24) is 15.5 Å². The fourth-order valence-electron chi connectivity index (χ4n) is 4.76. The highest BCUT2D eigenvalue weighted by atomic mass is 16.5. The van der Waals surface area contributed by atoms with E-state index in [4.69, 9.17) is 4.74 Å². The Kier molecular flexibility index (Phi) is 6.06. The Morgan fingerprint density at radius 3 is 2.67 bits per heavy atom. The monoisotopic (exact) mass is 411 g/mol. The molecule has 1 aliphatic heterocycles. The van der Waals surface area contributed by atoms with Gasteiger partial charge < -0.3 is 15.4 Å². The van der Waals surface area contributed by atoms with E-state index >= 15 is 0 Å². The van der Waals surface area contributed by atoms with Crippen LogP contribution in [0.25, 0.3) is 0 Å². The van der Waals surface area contributed by atoms with Crippen LogP contribution in [-0.4, -0.2) is 49.0 Å². The molecule has 1 aromatic carbocycles. The largest absolute Gasteiger partial charge is 0.497 e. The van der Waals surface area contributed by atoms with Crippen molar-refractivity contribution in [1.29, 1.82) is 0 Å². The van der Waals surface area contributed by atoms with E-state index in [2.05, 4.69) is 22.8 Å². The van der Waals surface area contributed by atoms with Gasteiger partial charge in [0.25, 0.3) is 5.91 Å². The van der Waals surface area contributed by atoms with Gasteiger partial charge in [-0.3, -0.25) is 14.5 Å². The zero-order valence-corrected chi connectivity index (χ0v) is 17.3. The highest BCUT2D eigenvalue weighted by Crippen LogP contribution is 2.42. The molecule has 1 heterocycles. The van der Waals surface area contributed by atoms with Crippen LogP contribution in [0.2, 0.25) is 0 Å². The number of nitrogens with zero attached hydrogens (tertiary/aromatic N) is 1. The number of ether oxygens (including phenoxy) is 1. The highest BCUT2D eigenvalue weighted by Gasteiger charge is 2.38. The number of hydrogen-bond donors (Lipinski definition) is 2. The Balaban J connectivity index is 1.19. The molecule has 2 aliphatic carbocycles. The maximum atomic E-state index is 12.6. The van der Waals surface area contributed by atoms with Crippen molar-refractivity contribution in [3.8, 4) is 5.75 Å². The maximum absolute atomic E-state index is 12.6. The maximum Gasteiger partial charge on any atom is 0.324 e. The molecule has 1 aromatic rings. The third-order valence-corrected chi connectivity index (χ3v) is 6.53. The fraction of sp³-hybridized carbons (Fsp3) is 0.522. The number of imide groups is 1. The van der Waals surface area contributed by atoms with E-state index in [1.165, 1.54) is 11.3 Å². The number of benzene rings is 1. The van der Waals surface area contributed by atoms with Crippen molar-refractivity contribution in [3.63, 3.8) is 0 Å². The van der Waals surface area contributed by atoms with Crippen LogP contribution >= 0.6 is 0 Å². The van der Waals surface area contributed by atoms with E-state index in [1.807, 2.05) is 24.3 Å². The Hall–Kier alpha value is -2.83. The molecule has 7 heteroatoms. The number of rotatable bonds is 9. The molecule has 1 saturated carbocycles. The molecule has 0 spiro atoms. The first-order valence-electron chi connectivity index (χ1n) is 10.7. The highest BCUT2D eigenvalue weighted by molar-refractivity contribution is 6.04. The molecule has 160 valence electrons. The lowest BCUT2D eigenvalue weighted by Crippen LogP contribution is -2.35. The Bertz CT molecular complexity index is 835. The molecule has 2 N–H and O–H groups in total. The van der Waals surface area contributed by atoms with Gasteiger partial charge in [-0.1, -0.05) is 24.3 Å². The van der Waals surface area contributed by atoms with E-state index in [1.54, 1.807) is 7.11 Å². The van der Waals surface area contributed by atoms with E-state index in [-0.39, 0.29) is 24.3 Å². The van der Waals surface area contributed by atoms with Crippen LogP contribution in [-0.2, 0) is 16.0 Å². The van der Waals surface area contributed by atoms with E-state index in [9.17, 15) is 14.4 Å². The fourth-order valence-corrected chi connectivity index (χ4v) is 4.76. The van der Waals surface area contributed by atoms with Gasteiger partial charge in [0, 0.05) is 19.5 Å². The SMILES string of the molecule is COc1ccc(CCN2C(=O)NC(CCC(=O)NCC3CC4C=CC3C4)C2=O)cc1. The number of amides is 4. The Morgan fingerprint density at radius 1 is 1.20 bits per heavy atom. The number of methoxy groups -OCH3 is 1. The van der Waals surface area contributed by atoms with Gasteiger partial charge in [-0.2, -0.15) is 0 Å². The average Bonchev–Trinajstić information content (AvgIpc) is 3.45. The van der Waals surface area contributed by atoms with Crippen molar-refractivity contribution in [2.24, 2.45) is 17.8 Å². The second-order valence-electron chi connectivity index (χ2n) is 8.47. The van der Waals surface area contributed by atoms with Crippen LogP contribution in [0.5, 0.6) is 5.75 Å². The summed E-state index contributed by atoms with van der Waals surface area (Å²) in [6, 6.07) is 6.55. The molecule has 30 heavy (non-hydrogen) atoms. The number of allylic oxidation sites excluding steroid dienone is 2. The minimum absolute atomic E-state index is 0.0551. The normalized spacial score (nSPS) is 26.9. The van der Waals surface area contributed by atoms with Crippen LogP contribution in [0.1, 0.15) is 31.2 Å². The van der Waals surface area contributed by atoms with E-state index < -0.39 is 6.04 Å². The summed E-state index contributed by atoms with van der Waals surface area (Å²) in [4.78, 5) is 38.3. The van der Waals surface area contributed by atoms with Crippen LogP contribution in [0.3, 0.4) is 0 Å². The first-order chi connectivity index (χ1) is 14.5.